The third-order valence-electron chi connectivity index (χ3n) is 5.73. The van der Waals surface area contributed by atoms with Crippen LogP contribution in [0.1, 0.15) is 49.9 Å². The van der Waals surface area contributed by atoms with Gasteiger partial charge in [0.05, 0.1) is 0 Å². The number of fused-ring (bicyclic) bond motifs is 2. The molecule has 5 rings (SSSR count). The Balaban J connectivity index is 0. The molecule has 0 saturated heterocycles. The third-order valence-corrected chi connectivity index (χ3v) is 5.73. The van der Waals surface area contributed by atoms with E-state index in [0.717, 1.165) is 11.8 Å². The number of hydrogen-bond donors (Lipinski definition) is 0. The van der Waals surface area contributed by atoms with Crippen LogP contribution in [-0.4, -0.2) is 6.88 Å². The summed E-state index contributed by atoms with van der Waals surface area (Å²) in [5, 5.41) is 5.52. The molecule has 2 radical (unpaired) electrons. The van der Waals surface area contributed by atoms with E-state index in [4.69, 9.17) is 0 Å². The van der Waals surface area contributed by atoms with Crippen molar-refractivity contribution in [3.05, 3.63) is 142 Å². The average molecular weight is 612 g/mol. The molecule has 0 aliphatic heterocycles. The molecule has 0 saturated carbocycles. The van der Waals surface area contributed by atoms with Gasteiger partial charge in [-0.2, -0.15) is 48.5 Å². The zero-order valence-corrected chi connectivity index (χ0v) is 29.2. The number of rotatable bonds is 4. The SMILES string of the molecule is Cc1cc2cc(CC(C)C)ccc2[cH-]1.Cc1cc2cc(CC(C)C)ccc2[cH-]1.[CH3-].[CH3-].[CH3-].[Si]=[Zr].[c-]1ccccc1. The summed E-state index contributed by atoms with van der Waals surface area (Å²) in [6.45, 7) is 16.4. The van der Waals surface area contributed by atoms with Gasteiger partial charge in [-0.3, -0.25) is 0 Å². The van der Waals surface area contributed by atoms with Gasteiger partial charge in [-0.1, -0.05) is 52.7 Å². The van der Waals surface area contributed by atoms with Gasteiger partial charge in [-0.25, -0.2) is 0 Å². The molecule has 0 N–H and O–H groups in total. The molecular formula is C37H48SiZr-6. The molecule has 5 aromatic rings. The topological polar surface area (TPSA) is 0 Å². The Bertz CT molecular complexity index is 1180. The first-order chi connectivity index (χ1) is 17.3. The normalized spacial score (nSPS) is 9.51. The van der Waals surface area contributed by atoms with Crippen LogP contribution in [0.5, 0.6) is 0 Å². The van der Waals surface area contributed by atoms with Crippen molar-refractivity contribution in [1.29, 1.82) is 0 Å². The van der Waals surface area contributed by atoms with Gasteiger partial charge in [-0.15, -0.1) is 81.2 Å². The van der Waals surface area contributed by atoms with E-state index < -0.39 is 0 Å². The van der Waals surface area contributed by atoms with Crippen LogP contribution in [0.4, 0.5) is 0 Å². The molecule has 210 valence electrons. The van der Waals surface area contributed by atoms with Gasteiger partial charge < -0.3 is 22.3 Å². The standard InChI is InChI=1S/2C14H17.C6H5.3CH3.Si.Zr/c2*1-10(2)6-12-4-5-13-7-11(3)8-14(13)9-12;1-2-4-6-5-3-1;;;;;/h2*4-5,7-10H,6H2,1-3H3;1-5H;3*1H3;;/q6*-1;;. The Hall–Kier alpha value is -2.02. The second-order valence-electron chi connectivity index (χ2n) is 10.3. The molecule has 0 bridgehead atoms. The summed E-state index contributed by atoms with van der Waals surface area (Å²) in [5.41, 5.74) is 5.64. The number of aryl methyl sites for hydroxylation is 2. The smallest absolute Gasteiger partial charge is 0.171 e. The molecule has 0 unspecified atom stereocenters. The van der Waals surface area contributed by atoms with Crippen molar-refractivity contribution in [2.45, 2.75) is 54.4 Å². The molecule has 2 heteroatoms. The Morgan fingerprint density at radius 2 is 1.03 bits per heavy atom. The first-order valence-corrected chi connectivity index (χ1v) is 17.0. The Morgan fingerprint density at radius 1 is 0.641 bits per heavy atom. The largest absolute Gasteiger partial charge is 0.184 e. The van der Waals surface area contributed by atoms with E-state index in [1.54, 1.807) is 0 Å². The van der Waals surface area contributed by atoms with Crippen molar-refractivity contribution in [2.75, 3.05) is 0 Å². The molecule has 0 fully saturated rings. The number of hydrogen-bond acceptors (Lipinski definition) is 0. The van der Waals surface area contributed by atoms with Crippen molar-refractivity contribution in [3.63, 3.8) is 0 Å². The van der Waals surface area contributed by atoms with Crippen molar-refractivity contribution in [2.24, 2.45) is 11.8 Å². The number of benzene rings is 3. The fourth-order valence-electron chi connectivity index (χ4n) is 4.36. The van der Waals surface area contributed by atoms with E-state index in [9.17, 15) is 0 Å². The van der Waals surface area contributed by atoms with E-state index in [0.29, 0.717) is 0 Å². The van der Waals surface area contributed by atoms with E-state index in [1.807, 2.05) is 30.3 Å². The predicted molar refractivity (Wildman–Crippen MR) is 176 cm³/mol. The Labute approximate surface area is 258 Å². The maximum atomic E-state index is 3.06. The monoisotopic (exact) mass is 610 g/mol. The molecule has 0 aliphatic rings. The van der Waals surface area contributed by atoms with Crippen LogP contribution in [0.15, 0.2) is 91.0 Å². The van der Waals surface area contributed by atoms with Crippen LogP contribution in [0.3, 0.4) is 0 Å². The van der Waals surface area contributed by atoms with Crippen molar-refractivity contribution >= 4 is 28.4 Å². The molecular weight excluding hydrogens is 564 g/mol. The van der Waals surface area contributed by atoms with Gasteiger partial charge in [0, 0.05) is 0 Å². The van der Waals surface area contributed by atoms with E-state index in [2.05, 4.69) is 115 Å². The minimum atomic E-state index is 0. The molecule has 0 nitrogen and oxygen atoms in total. The molecule has 0 aromatic heterocycles. The summed E-state index contributed by atoms with van der Waals surface area (Å²) in [7, 11) is 0. The van der Waals surface area contributed by atoms with Crippen LogP contribution < -0.4 is 0 Å². The van der Waals surface area contributed by atoms with E-state index in [1.165, 1.54) is 80.0 Å². The zero-order valence-electron chi connectivity index (χ0n) is 25.7. The summed E-state index contributed by atoms with van der Waals surface area (Å²) >= 11 is 1.36. The predicted octanol–water partition coefficient (Wildman–Crippen LogP) is 10.6. The van der Waals surface area contributed by atoms with Gasteiger partial charge in [0.1, 0.15) is 0 Å². The quantitative estimate of drug-likeness (QED) is 0.140. The van der Waals surface area contributed by atoms with Crippen molar-refractivity contribution in [1.82, 2.24) is 0 Å². The van der Waals surface area contributed by atoms with Gasteiger partial charge >= 0.3 is 30.2 Å². The Morgan fingerprint density at radius 3 is 1.31 bits per heavy atom. The average Bonchev–Trinajstić information content (AvgIpc) is 3.41. The zero-order chi connectivity index (χ0) is 26.5. The van der Waals surface area contributed by atoms with Crippen LogP contribution in [0, 0.1) is 54.0 Å². The summed E-state index contributed by atoms with van der Waals surface area (Å²) in [6.07, 6.45) is 2.36. The molecule has 0 amide bonds. The minimum absolute atomic E-state index is 0. The van der Waals surface area contributed by atoms with Crippen LogP contribution in [-0.2, 0) is 36.2 Å². The first kappa shape index (κ1) is 39.1. The van der Waals surface area contributed by atoms with Gasteiger partial charge in [-0.05, 0) is 24.7 Å². The summed E-state index contributed by atoms with van der Waals surface area (Å²) < 4.78 is 0. The molecule has 5 aromatic carbocycles. The first-order valence-electron chi connectivity index (χ1n) is 12.8. The molecule has 0 aliphatic carbocycles. The summed E-state index contributed by atoms with van der Waals surface area (Å²) in [5.74, 6) is 1.48. The van der Waals surface area contributed by atoms with Crippen LogP contribution >= 0.6 is 0 Å². The van der Waals surface area contributed by atoms with Gasteiger partial charge in [0.15, 0.2) is 0 Å². The van der Waals surface area contributed by atoms with Crippen LogP contribution in [0.25, 0.3) is 21.5 Å². The fourth-order valence-corrected chi connectivity index (χ4v) is 4.36. The summed E-state index contributed by atoms with van der Waals surface area (Å²) in [4.78, 5) is 0. The van der Waals surface area contributed by atoms with E-state index >= 15 is 0 Å². The maximum absolute atomic E-state index is 3.06. The molecule has 0 atom stereocenters. The third kappa shape index (κ3) is 14.3. The Kier molecular flexibility index (Phi) is 20.9. The molecule has 0 heterocycles. The summed E-state index contributed by atoms with van der Waals surface area (Å²) in [6, 6.07) is 35.1. The van der Waals surface area contributed by atoms with Crippen molar-refractivity contribution < 1.29 is 23.3 Å². The second-order valence-corrected chi connectivity index (χ2v) is 10.3. The van der Waals surface area contributed by atoms with Crippen LogP contribution in [0.2, 0.25) is 0 Å². The minimum Gasteiger partial charge on any atom is -0.184 e. The molecule has 0 spiro atoms. The van der Waals surface area contributed by atoms with E-state index in [-0.39, 0.29) is 22.3 Å². The fraction of sp³-hybridized carbons (Fsp3) is 0.270. The maximum Gasteiger partial charge on any atom is -0.171 e. The second kappa shape index (κ2) is 20.8. The van der Waals surface area contributed by atoms with Crippen molar-refractivity contribution in [3.8, 4) is 0 Å². The van der Waals surface area contributed by atoms with Gasteiger partial charge in [0.25, 0.3) is 0 Å². The van der Waals surface area contributed by atoms with Gasteiger partial charge in [0.2, 0.25) is 0 Å². The molecule has 39 heavy (non-hydrogen) atoms.